The lowest BCUT2D eigenvalue weighted by Gasteiger charge is -2.30. The van der Waals surface area contributed by atoms with Crippen molar-refractivity contribution < 1.29 is 14.3 Å². The van der Waals surface area contributed by atoms with Crippen LogP contribution < -0.4 is 11.1 Å². The molecule has 0 radical (unpaired) electrons. The zero-order valence-electron chi connectivity index (χ0n) is 10.6. The standard InChI is InChI=1S/C12H21N3O3/c13-11(16)9-3-5-15(6-4-9)12(17)14-8-10-2-1-7-18-10/h9-10H,1-8H2,(H2,13,16)(H,14,17). The molecule has 0 aromatic rings. The molecule has 0 aromatic heterocycles. The van der Waals surface area contributed by atoms with E-state index >= 15 is 0 Å². The van der Waals surface area contributed by atoms with Crippen LogP contribution in [0.15, 0.2) is 0 Å². The number of ether oxygens (including phenoxy) is 1. The number of nitrogens with one attached hydrogen (secondary N) is 1. The fourth-order valence-electron chi connectivity index (χ4n) is 2.49. The molecule has 0 aromatic carbocycles. The van der Waals surface area contributed by atoms with E-state index in [2.05, 4.69) is 5.32 Å². The van der Waals surface area contributed by atoms with Crippen LogP contribution in [-0.4, -0.2) is 49.2 Å². The highest BCUT2D eigenvalue weighted by Crippen LogP contribution is 2.16. The molecule has 6 heteroatoms. The predicted octanol–water partition coefficient (Wildman–Crippen LogP) is 0.0723. The van der Waals surface area contributed by atoms with E-state index in [1.807, 2.05) is 0 Å². The monoisotopic (exact) mass is 255 g/mol. The van der Waals surface area contributed by atoms with Gasteiger partial charge in [0, 0.05) is 32.2 Å². The van der Waals surface area contributed by atoms with Crippen LogP contribution in [0.5, 0.6) is 0 Å². The summed E-state index contributed by atoms with van der Waals surface area (Å²) < 4.78 is 5.44. The van der Waals surface area contributed by atoms with Crippen molar-refractivity contribution in [2.75, 3.05) is 26.2 Å². The van der Waals surface area contributed by atoms with Crippen molar-refractivity contribution in [1.29, 1.82) is 0 Å². The molecule has 2 aliphatic rings. The summed E-state index contributed by atoms with van der Waals surface area (Å²) in [5.41, 5.74) is 5.26. The van der Waals surface area contributed by atoms with E-state index in [9.17, 15) is 9.59 Å². The molecule has 1 unspecified atom stereocenters. The van der Waals surface area contributed by atoms with E-state index in [4.69, 9.17) is 10.5 Å². The Bertz CT molecular complexity index is 308. The number of likely N-dealkylation sites (tertiary alicyclic amines) is 1. The van der Waals surface area contributed by atoms with Crippen LogP contribution in [0, 0.1) is 5.92 Å². The number of piperidine rings is 1. The summed E-state index contributed by atoms with van der Waals surface area (Å²) >= 11 is 0. The summed E-state index contributed by atoms with van der Waals surface area (Å²) in [6.07, 6.45) is 3.59. The van der Waals surface area contributed by atoms with Crippen LogP contribution in [0.2, 0.25) is 0 Å². The van der Waals surface area contributed by atoms with E-state index in [0.29, 0.717) is 32.5 Å². The van der Waals surface area contributed by atoms with Gasteiger partial charge in [0.2, 0.25) is 5.91 Å². The normalized spacial score (nSPS) is 25.1. The van der Waals surface area contributed by atoms with Crippen LogP contribution >= 0.6 is 0 Å². The molecule has 2 saturated heterocycles. The molecule has 0 bridgehead atoms. The summed E-state index contributed by atoms with van der Waals surface area (Å²) in [5.74, 6) is -0.332. The van der Waals surface area contributed by atoms with Crippen molar-refractivity contribution in [3.63, 3.8) is 0 Å². The Balaban J connectivity index is 1.68. The summed E-state index contributed by atoms with van der Waals surface area (Å²) in [4.78, 5) is 24.6. The third-order valence-electron chi connectivity index (χ3n) is 3.69. The van der Waals surface area contributed by atoms with Gasteiger partial charge in [0.05, 0.1) is 6.10 Å². The fraction of sp³-hybridized carbons (Fsp3) is 0.833. The van der Waals surface area contributed by atoms with Gasteiger partial charge in [0.1, 0.15) is 0 Å². The van der Waals surface area contributed by atoms with Gasteiger partial charge in [0.25, 0.3) is 0 Å². The Labute approximate surface area is 107 Å². The van der Waals surface area contributed by atoms with Crippen LogP contribution in [0.25, 0.3) is 0 Å². The topological polar surface area (TPSA) is 84.7 Å². The molecule has 2 fully saturated rings. The lowest BCUT2D eigenvalue weighted by molar-refractivity contribution is -0.123. The SMILES string of the molecule is NC(=O)C1CCN(C(=O)NCC2CCCO2)CC1. The second kappa shape index (κ2) is 6.04. The van der Waals surface area contributed by atoms with E-state index in [0.717, 1.165) is 19.4 Å². The van der Waals surface area contributed by atoms with Gasteiger partial charge in [0.15, 0.2) is 0 Å². The van der Waals surface area contributed by atoms with Crippen molar-refractivity contribution in [3.05, 3.63) is 0 Å². The van der Waals surface area contributed by atoms with Gasteiger partial charge in [-0.05, 0) is 25.7 Å². The smallest absolute Gasteiger partial charge is 0.317 e. The maximum Gasteiger partial charge on any atom is 0.317 e. The minimum absolute atomic E-state index is 0.0616. The van der Waals surface area contributed by atoms with Crippen molar-refractivity contribution in [3.8, 4) is 0 Å². The van der Waals surface area contributed by atoms with Crippen molar-refractivity contribution >= 4 is 11.9 Å². The van der Waals surface area contributed by atoms with E-state index in [-0.39, 0.29) is 24.0 Å². The van der Waals surface area contributed by atoms with Crippen LogP contribution in [-0.2, 0) is 9.53 Å². The van der Waals surface area contributed by atoms with Crippen molar-refractivity contribution in [2.45, 2.75) is 31.8 Å². The Morgan fingerprint density at radius 3 is 2.56 bits per heavy atom. The van der Waals surface area contributed by atoms with Gasteiger partial charge in [-0.25, -0.2) is 4.79 Å². The summed E-state index contributed by atoms with van der Waals surface area (Å²) in [6, 6.07) is -0.0616. The van der Waals surface area contributed by atoms with E-state index < -0.39 is 0 Å². The van der Waals surface area contributed by atoms with Gasteiger partial charge in [-0.3, -0.25) is 4.79 Å². The van der Waals surface area contributed by atoms with Gasteiger partial charge < -0.3 is 20.7 Å². The van der Waals surface area contributed by atoms with Gasteiger partial charge in [-0.1, -0.05) is 0 Å². The number of primary amides is 1. The van der Waals surface area contributed by atoms with Crippen molar-refractivity contribution in [1.82, 2.24) is 10.2 Å². The molecule has 2 rings (SSSR count). The van der Waals surface area contributed by atoms with Crippen molar-refractivity contribution in [2.24, 2.45) is 11.7 Å². The maximum absolute atomic E-state index is 11.9. The lowest BCUT2D eigenvalue weighted by Crippen LogP contribution is -2.47. The largest absolute Gasteiger partial charge is 0.376 e. The number of nitrogens with two attached hydrogens (primary N) is 1. The molecule has 1 atom stereocenters. The van der Waals surface area contributed by atoms with Crippen LogP contribution in [0.3, 0.4) is 0 Å². The first-order valence-electron chi connectivity index (χ1n) is 6.60. The third kappa shape index (κ3) is 3.35. The summed E-state index contributed by atoms with van der Waals surface area (Å²) in [6.45, 7) is 2.58. The first kappa shape index (κ1) is 13.1. The summed E-state index contributed by atoms with van der Waals surface area (Å²) in [7, 11) is 0. The predicted molar refractivity (Wildman–Crippen MR) is 65.9 cm³/mol. The molecular weight excluding hydrogens is 234 g/mol. The number of hydrogen-bond acceptors (Lipinski definition) is 3. The van der Waals surface area contributed by atoms with Gasteiger partial charge in [-0.15, -0.1) is 0 Å². The second-order valence-electron chi connectivity index (χ2n) is 4.98. The Kier molecular flexibility index (Phi) is 4.41. The fourth-order valence-corrected chi connectivity index (χ4v) is 2.49. The third-order valence-corrected chi connectivity index (χ3v) is 3.69. The van der Waals surface area contributed by atoms with E-state index in [1.54, 1.807) is 4.90 Å². The number of rotatable bonds is 3. The Morgan fingerprint density at radius 1 is 1.28 bits per heavy atom. The minimum Gasteiger partial charge on any atom is -0.376 e. The maximum atomic E-state index is 11.9. The first-order chi connectivity index (χ1) is 8.66. The summed E-state index contributed by atoms with van der Waals surface area (Å²) in [5, 5.41) is 2.88. The lowest BCUT2D eigenvalue weighted by atomic mass is 9.96. The number of urea groups is 1. The minimum atomic E-state index is -0.255. The molecule has 18 heavy (non-hydrogen) atoms. The number of hydrogen-bond donors (Lipinski definition) is 2. The van der Waals surface area contributed by atoms with Crippen LogP contribution in [0.1, 0.15) is 25.7 Å². The molecule has 102 valence electrons. The number of carbonyl (C=O) groups excluding carboxylic acids is 2. The molecule has 6 nitrogen and oxygen atoms in total. The molecule has 0 aliphatic carbocycles. The second-order valence-corrected chi connectivity index (χ2v) is 4.98. The molecule has 0 saturated carbocycles. The highest BCUT2D eigenvalue weighted by atomic mass is 16.5. The molecule has 2 aliphatic heterocycles. The zero-order chi connectivity index (χ0) is 13.0. The van der Waals surface area contributed by atoms with Gasteiger partial charge in [-0.2, -0.15) is 0 Å². The molecule has 2 heterocycles. The highest BCUT2D eigenvalue weighted by Gasteiger charge is 2.26. The first-order valence-corrected chi connectivity index (χ1v) is 6.60. The molecule has 0 spiro atoms. The van der Waals surface area contributed by atoms with E-state index in [1.165, 1.54) is 0 Å². The average molecular weight is 255 g/mol. The number of nitrogens with zero attached hydrogens (tertiary/aromatic N) is 1. The molecular formula is C12H21N3O3. The highest BCUT2D eigenvalue weighted by molar-refractivity contribution is 5.78. The van der Waals surface area contributed by atoms with Gasteiger partial charge >= 0.3 is 6.03 Å². The number of carbonyl (C=O) groups is 2. The average Bonchev–Trinajstić information content (AvgIpc) is 2.89. The molecule has 3 amide bonds. The Morgan fingerprint density at radius 2 is 2.00 bits per heavy atom. The Hall–Kier alpha value is -1.30. The molecule has 3 N–H and O–H groups in total. The quantitative estimate of drug-likeness (QED) is 0.748. The zero-order valence-corrected chi connectivity index (χ0v) is 10.6. The van der Waals surface area contributed by atoms with Crippen LogP contribution in [0.4, 0.5) is 4.79 Å². The number of amides is 3.